The number of carbonyl (C=O) groups is 1. The van der Waals surface area contributed by atoms with E-state index in [-0.39, 0.29) is 0 Å². The molecule has 0 bridgehead atoms. The van der Waals surface area contributed by atoms with Crippen LogP contribution in [0.1, 0.15) is 12.8 Å². The number of alkyl halides is 1. The zero-order chi connectivity index (χ0) is 6.57. The van der Waals surface area contributed by atoms with Gasteiger partial charge in [0.25, 0.3) is 0 Å². The van der Waals surface area contributed by atoms with Gasteiger partial charge >= 0.3 is 4.70 Å². The Balaban J connectivity index is 0.000000122. The van der Waals surface area contributed by atoms with E-state index in [9.17, 15) is 4.39 Å². The Morgan fingerprint density at radius 1 is 1.50 bits per heavy atom. The lowest BCUT2D eigenvalue weighted by atomic mass is 10.9. The minimum Gasteiger partial charge on any atom is -0.262 e. The zero-order valence-corrected chi connectivity index (χ0v) is 5.55. The van der Waals surface area contributed by atoms with E-state index in [0.29, 0.717) is 0 Å². The molecule has 0 amide bonds. The summed E-state index contributed by atoms with van der Waals surface area (Å²) in [6, 6.07) is 0. The van der Waals surface area contributed by atoms with Gasteiger partial charge in [-0.3, -0.25) is 4.79 Å². The molecule has 1 aliphatic rings. The van der Waals surface area contributed by atoms with Crippen LogP contribution in [0, 0.1) is 0 Å². The third-order valence-electron chi connectivity index (χ3n) is 0.507. The third-order valence-corrected chi connectivity index (χ3v) is 0.507. The van der Waals surface area contributed by atoms with Gasteiger partial charge in [-0.05, 0) is 36.0 Å². The highest BCUT2D eigenvalue weighted by molar-refractivity contribution is 6.93. The summed E-state index contributed by atoms with van der Waals surface area (Å²) in [7, 11) is 0. The second-order valence-electron chi connectivity index (χ2n) is 1.40. The van der Waals surface area contributed by atoms with Gasteiger partial charge in [0.05, 0.1) is 0 Å². The van der Waals surface area contributed by atoms with Gasteiger partial charge in [0.15, 0.2) is 0 Å². The molecule has 0 aromatic carbocycles. The van der Waals surface area contributed by atoms with Crippen LogP contribution in [0.4, 0.5) is 9.18 Å². The van der Waals surface area contributed by atoms with Gasteiger partial charge in [-0.1, -0.05) is 0 Å². The average Bonchev–Trinajstić information content (AvgIpc) is 2.19. The first-order chi connectivity index (χ1) is 3.63. The van der Waals surface area contributed by atoms with Crippen LogP contribution in [-0.4, -0.2) is 10.9 Å². The molecule has 0 aromatic rings. The maximum atomic E-state index is 11.1. The molecule has 0 saturated heterocycles. The smallest absolute Gasteiger partial charge is 0.262 e. The van der Waals surface area contributed by atoms with E-state index >= 15 is 0 Å². The first-order valence-electron chi connectivity index (χ1n) is 2.12. The largest absolute Gasteiger partial charge is 0.313 e. The lowest BCUT2D eigenvalue weighted by molar-refractivity contribution is 0.275. The van der Waals surface area contributed by atoms with Crippen molar-refractivity contribution in [1.82, 2.24) is 0 Å². The first-order valence-corrected chi connectivity index (χ1v) is 2.87. The highest BCUT2D eigenvalue weighted by Gasteiger charge is 2.18. The van der Waals surface area contributed by atoms with Gasteiger partial charge < -0.3 is 0 Å². The third kappa shape index (κ3) is 16.4. The second-order valence-corrected chi connectivity index (χ2v) is 2.28. The fraction of sp³-hybridized carbons (Fsp3) is 0.750. The number of carbonyl (C=O) groups excluding carboxylic acids is 1. The molecule has 8 heavy (non-hydrogen) atoms. The van der Waals surface area contributed by atoms with E-state index in [1.54, 1.807) is 0 Å². The van der Waals surface area contributed by atoms with Crippen LogP contribution in [0.15, 0.2) is 0 Å². The Kier molecular flexibility index (Phi) is 4.19. The molecule has 1 rings (SSSR count). The predicted molar refractivity (Wildman–Crippen MR) is 31.2 cm³/mol. The van der Waals surface area contributed by atoms with Crippen LogP contribution >= 0.6 is 23.2 Å². The quantitative estimate of drug-likeness (QED) is 0.496. The monoisotopic (exact) mass is 158 g/mol. The molecular weight excluding hydrogens is 154 g/mol. The van der Waals surface area contributed by atoms with E-state index < -0.39 is 10.9 Å². The van der Waals surface area contributed by atoms with Crippen molar-refractivity contribution in [1.29, 1.82) is 0 Å². The van der Waals surface area contributed by atoms with Crippen LogP contribution in [0.3, 0.4) is 0 Å². The first kappa shape index (κ1) is 8.18. The Morgan fingerprint density at radius 3 is 1.62 bits per heavy atom. The van der Waals surface area contributed by atoms with Crippen molar-refractivity contribution in [3.8, 4) is 0 Å². The summed E-state index contributed by atoms with van der Waals surface area (Å²) >= 11 is 8.80. The van der Waals surface area contributed by atoms with E-state index in [1.807, 2.05) is 0 Å². The molecular formula is C4H5Cl2FO. The summed E-state index contributed by atoms with van der Waals surface area (Å²) in [5.41, 5.74) is 0. The SMILES string of the molecule is FC1CC1.O=C(Cl)Cl. The molecule has 0 heterocycles. The molecule has 1 nitrogen and oxygen atoms in total. The number of halogens is 3. The fourth-order valence-electron chi connectivity index (χ4n) is 0.0630. The second kappa shape index (κ2) is 4.10. The molecule has 0 aromatic heterocycles. The molecule has 0 radical (unpaired) electrons. The molecule has 0 spiro atoms. The minimum atomic E-state index is -0.889. The van der Waals surface area contributed by atoms with Crippen LogP contribution in [0.25, 0.3) is 0 Å². The summed E-state index contributed by atoms with van der Waals surface area (Å²) < 4.78 is 10.2. The summed E-state index contributed by atoms with van der Waals surface area (Å²) in [4.78, 5) is 8.98. The molecule has 0 atom stereocenters. The maximum Gasteiger partial charge on any atom is 0.313 e. The summed E-state index contributed by atoms with van der Waals surface area (Å²) in [5.74, 6) is 0. The lowest BCUT2D eigenvalue weighted by Gasteiger charge is -1.50. The normalized spacial score (nSPS) is 16.4. The van der Waals surface area contributed by atoms with Gasteiger partial charge in [0, 0.05) is 0 Å². The maximum absolute atomic E-state index is 11.1. The van der Waals surface area contributed by atoms with Gasteiger partial charge in [0.2, 0.25) is 0 Å². The molecule has 0 unspecified atom stereocenters. The Hall–Kier alpha value is 0.180. The number of hydrogen-bond donors (Lipinski definition) is 0. The van der Waals surface area contributed by atoms with Gasteiger partial charge in [-0.2, -0.15) is 0 Å². The Morgan fingerprint density at radius 2 is 1.62 bits per heavy atom. The minimum absolute atomic E-state index is 0.417. The number of rotatable bonds is 0. The van der Waals surface area contributed by atoms with Crippen LogP contribution in [-0.2, 0) is 0 Å². The van der Waals surface area contributed by atoms with Gasteiger partial charge in [0.1, 0.15) is 6.17 Å². The van der Waals surface area contributed by atoms with Gasteiger partial charge in [-0.25, -0.2) is 4.39 Å². The predicted octanol–water partition coefficient (Wildman–Crippen LogP) is 2.70. The highest BCUT2D eigenvalue weighted by Crippen LogP contribution is 2.22. The summed E-state index contributed by atoms with van der Waals surface area (Å²) in [5, 5.41) is 0. The fourth-order valence-corrected chi connectivity index (χ4v) is 0.0630. The van der Waals surface area contributed by atoms with Crippen molar-refractivity contribution in [3.63, 3.8) is 0 Å². The molecule has 4 heteroatoms. The summed E-state index contributed by atoms with van der Waals surface area (Å²) in [6.45, 7) is 0. The van der Waals surface area contributed by atoms with Gasteiger partial charge in [-0.15, -0.1) is 0 Å². The standard InChI is InChI=1S/C3H5F.CCl2O/c4-3-1-2-3;2-1(3)4/h3H,1-2H2;. The summed E-state index contributed by atoms with van der Waals surface area (Å²) in [6.07, 6.45) is 1.22. The van der Waals surface area contributed by atoms with E-state index in [2.05, 4.69) is 23.2 Å². The molecule has 1 aliphatic carbocycles. The van der Waals surface area contributed by atoms with Crippen molar-refractivity contribution in [2.45, 2.75) is 19.0 Å². The van der Waals surface area contributed by atoms with E-state index in [1.165, 1.54) is 0 Å². The van der Waals surface area contributed by atoms with Crippen LogP contribution in [0.2, 0.25) is 0 Å². The average molecular weight is 159 g/mol. The Bertz CT molecular complexity index is 78.1. The Labute approximate surface area is 56.8 Å². The van der Waals surface area contributed by atoms with E-state index in [0.717, 1.165) is 12.8 Å². The van der Waals surface area contributed by atoms with E-state index in [4.69, 9.17) is 4.79 Å². The van der Waals surface area contributed by atoms with Crippen molar-refractivity contribution < 1.29 is 9.18 Å². The number of hydrogen-bond acceptors (Lipinski definition) is 1. The lowest BCUT2D eigenvalue weighted by Crippen LogP contribution is -1.49. The zero-order valence-electron chi connectivity index (χ0n) is 4.03. The van der Waals surface area contributed by atoms with Crippen LogP contribution in [0.5, 0.6) is 0 Å². The molecule has 0 aliphatic heterocycles. The molecule has 0 N–H and O–H groups in total. The van der Waals surface area contributed by atoms with Crippen molar-refractivity contribution >= 4 is 27.9 Å². The van der Waals surface area contributed by atoms with Crippen LogP contribution < -0.4 is 0 Å². The molecule has 48 valence electrons. The van der Waals surface area contributed by atoms with Crippen molar-refractivity contribution in [2.24, 2.45) is 0 Å². The topological polar surface area (TPSA) is 17.1 Å². The highest BCUT2D eigenvalue weighted by atomic mass is 35.5. The van der Waals surface area contributed by atoms with Crippen molar-refractivity contribution in [2.75, 3.05) is 0 Å². The molecule has 1 saturated carbocycles. The molecule has 1 fully saturated rings. The van der Waals surface area contributed by atoms with Crippen molar-refractivity contribution in [3.05, 3.63) is 0 Å².